The third kappa shape index (κ3) is 0.849. The van der Waals surface area contributed by atoms with Crippen LogP contribution < -0.4 is 5.32 Å². The Kier molecular flexibility index (Phi) is 1.28. The largest absolute Gasteiger partial charge is 0.332 e. The molecular weight excluding hydrogens is 142 g/mol. The lowest BCUT2D eigenvalue weighted by Gasteiger charge is -2.13. The van der Waals surface area contributed by atoms with E-state index in [1.807, 2.05) is 0 Å². The second-order valence-corrected chi connectivity index (χ2v) is 2.17. The fraction of sp³-hybridized carbons (Fsp3) is 0.333. The van der Waals surface area contributed by atoms with Crippen molar-refractivity contribution in [2.24, 2.45) is 20.0 Å². The minimum Gasteiger partial charge on any atom is -0.332 e. The maximum absolute atomic E-state index is 4.07. The third-order valence-corrected chi connectivity index (χ3v) is 1.55. The van der Waals surface area contributed by atoms with E-state index in [4.69, 9.17) is 0 Å². The Hall–Kier alpha value is -1.52. The monoisotopic (exact) mass is 149 g/mol. The summed E-state index contributed by atoms with van der Waals surface area (Å²) in [5.74, 6) is 1.51. The molecule has 5 heteroatoms. The van der Waals surface area contributed by atoms with Crippen molar-refractivity contribution in [3.05, 3.63) is 0 Å². The Balaban J connectivity index is 2.39. The molecule has 0 saturated heterocycles. The first kappa shape index (κ1) is 6.21. The predicted octanol–water partition coefficient (Wildman–Crippen LogP) is -0.545. The van der Waals surface area contributed by atoms with Crippen LogP contribution in [0.25, 0.3) is 0 Å². The molecular formula is C6H7N5. The summed E-state index contributed by atoms with van der Waals surface area (Å²) >= 11 is 0. The minimum atomic E-state index is -0.0926. The van der Waals surface area contributed by atoms with Gasteiger partial charge in [-0.2, -0.15) is 0 Å². The summed E-state index contributed by atoms with van der Waals surface area (Å²) in [5, 5.41) is 2.90. The summed E-state index contributed by atoms with van der Waals surface area (Å²) in [7, 11) is 1.70. The molecule has 0 radical (unpaired) electrons. The van der Waals surface area contributed by atoms with E-state index in [2.05, 4.69) is 25.3 Å². The summed E-state index contributed by atoms with van der Waals surface area (Å²) in [5.41, 5.74) is 0. The SMILES string of the molecule is CN=C1N=CNC2=NC=NC12. The van der Waals surface area contributed by atoms with Gasteiger partial charge in [-0.1, -0.05) is 0 Å². The topological polar surface area (TPSA) is 61.5 Å². The van der Waals surface area contributed by atoms with Crippen molar-refractivity contribution in [3.63, 3.8) is 0 Å². The molecule has 5 nitrogen and oxygen atoms in total. The molecule has 1 unspecified atom stereocenters. The molecule has 0 aromatic rings. The van der Waals surface area contributed by atoms with Crippen molar-refractivity contribution in [2.75, 3.05) is 7.05 Å². The average molecular weight is 149 g/mol. The predicted molar refractivity (Wildman–Crippen MR) is 44.7 cm³/mol. The molecule has 0 aliphatic carbocycles. The Bertz CT molecular complexity index is 285. The molecule has 0 saturated carbocycles. The van der Waals surface area contributed by atoms with Crippen LogP contribution in [0, 0.1) is 0 Å². The number of amidine groups is 2. The normalized spacial score (nSPS) is 30.1. The van der Waals surface area contributed by atoms with Gasteiger partial charge in [-0.15, -0.1) is 0 Å². The van der Waals surface area contributed by atoms with Crippen LogP contribution in [0.4, 0.5) is 0 Å². The molecule has 2 rings (SSSR count). The second-order valence-electron chi connectivity index (χ2n) is 2.17. The number of rotatable bonds is 0. The lowest BCUT2D eigenvalue weighted by Crippen LogP contribution is -2.40. The molecule has 0 aromatic carbocycles. The van der Waals surface area contributed by atoms with Gasteiger partial charge in [-0.3, -0.25) is 9.98 Å². The smallest absolute Gasteiger partial charge is 0.168 e. The Morgan fingerprint density at radius 1 is 1.64 bits per heavy atom. The van der Waals surface area contributed by atoms with Crippen LogP contribution in [0.2, 0.25) is 0 Å². The number of nitrogens with one attached hydrogen (secondary N) is 1. The van der Waals surface area contributed by atoms with E-state index < -0.39 is 0 Å². The molecule has 0 fully saturated rings. The lowest BCUT2D eigenvalue weighted by molar-refractivity contribution is 1.07. The zero-order chi connectivity index (χ0) is 7.68. The maximum Gasteiger partial charge on any atom is 0.168 e. The summed E-state index contributed by atoms with van der Waals surface area (Å²) < 4.78 is 0. The molecule has 56 valence electrons. The number of hydrogen-bond donors (Lipinski definition) is 1. The Morgan fingerprint density at radius 3 is 3.36 bits per heavy atom. The Labute approximate surface area is 63.7 Å². The van der Waals surface area contributed by atoms with E-state index >= 15 is 0 Å². The summed E-state index contributed by atoms with van der Waals surface area (Å²) in [6.45, 7) is 0. The zero-order valence-corrected chi connectivity index (χ0v) is 6.02. The van der Waals surface area contributed by atoms with Crippen LogP contribution in [0.3, 0.4) is 0 Å². The van der Waals surface area contributed by atoms with Crippen LogP contribution in [-0.2, 0) is 0 Å². The van der Waals surface area contributed by atoms with Gasteiger partial charge in [-0.25, -0.2) is 9.98 Å². The van der Waals surface area contributed by atoms with Crippen LogP contribution in [0.5, 0.6) is 0 Å². The Morgan fingerprint density at radius 2 is 2.55 bits per heavy atom. The summed E-state index contributed by atoms with van der Waals surface area (Å²) in [6, 6.07) is -0.0926. The van der Waals surface area contributed by atoms with Gasteiger partial charge in [0.05, 0.1) is 6.34 Å². The fourth-order valence-electron chi connectivity index (χ4n) is 1.02. The van der Waals surface area contributed by atoms with Gasteiger partial charge >= 0.3 is 0 Å². The molecule has 0 amide bonds. The second kappa shape index (κ2) is 2.26. The van der Waals surface area contributed by atoms with Gasteiger partial charge in [-0.05, 0) is 0 Å². The summed E-state index contributed by atoms with van der Waals surface area (Å²) in [6.07, 6.45) is 3.10. The molecule has 1 N–H and O–H groups in total. The van der Waals surface area contributed by atoms with E-state index in [0.717, 1.165) is 5.84 Å². The number of nitrogens with zero attached hydrogens (tertiary/aromatic N) is 4. The van der Waals surface area contributed by atoms with Gasteiger partial charge < -0.3 is 5.32 Å². The molecule has 11 heavy (non-hydrogen) atoms. The van der Waals surface area contributed by atoms with Crippen molar-refractivity contribution < 1.29 is 0 Å². The van der Waals surface area contributed by atoms with E-state index in [0.29, 0.717) is 5.84 Å². The van der Waals surface area contributed by atoms with E-state index in [1.165, 1.54) is 6.34 Å². The first-order valence-corrected chi connectivity index (χ1v) is 3.27. The summed E-state index contributed by atoms with van der Waals surface area (Å²) in [4.78, 5) is 16.1. The average Bonchev–Trinajstić information content (AvgIpc) is 2.50. The van der Waals surface area contributed by atoms with Crippen molar-refractivity contribution >= 4 is 24.3 Å². The van der Waals surface area contributed by atoms with Gasteiger partial charge in [0, 0.05) is 7.05 Å². The number of fused-ring (bicyclic) bond motifs is 1. The van der Waals surface area contributed by atoms with Gasteiger partial charge in [0.25, 0.3) is 0 Å². The number of hydrogen-bond acceptors (Lipinski definition) is 4. The maximum atomic E-state index is 4.07. The minimum absolute atomic E-state index is 0.0926. The highest BCUT2D eigenvalue weighted by atomic mass is 15.2. The van der Waals surface area contributed by atoms with Crippen LogP contribution in [0.15, 0.2) is 20.0 Å². The van der Waals surface area contributed by atoms with E-state index in [1.54, 1.807) is 13.4 Å². The molecule has 0 bridgehead atoms. The van der Waals surface area contributed by atoms with Crippen molar-refractivity contribution in [3.8, 4) is 0 Å². The first-order valence-electron chi connectivity index (χ1n) is 3.27. The highest BCUT2D eigenvalue weighted by molar-refractivity contribution is 6.21. The van der Waals surface area contributed by atoms with Crippen LogP contribution in [0.1, 0.15) is 0 Å². The van der Waals surface area contributed by atoms with Crippen LogP contribution >= 0.6 is 0 Å². The fourth-order valence-corrected chi connectivity index (χ4v) is 1.02. The lowest BCUT2D eigenvalue weighted by atomic mass is 10.2. The molecule has 2 aliphatic heterocycles. The van der Waals surface area contributed by atoms with Crippen molar-refractivity contribution in [1.82, 2.24) is 5.32 Å². The molecule has 2 heterocycles. The van der Waals surface area contributed by atoms with E-state index in [-0.39, 0.29) is 6.04 Å². The van der Waals surface area contributed by atoms with Crippen molar-refractivity contribution in [1.29, 1.82) is 0 Å². The van der Waals surface area contributed by atoms with E-state index in [9.17, 15) is 0 Å². The highest BCUT2D eigenvalue weighted by Crippen LogP contribution is 2.05. The molecule has 0 aromatic heterocycles. The van der Waals surface area contributed by atoms with Crippen molar-refractivity contribution in [2.45, 2.75) is 6.04 Å². The molecule has 0 spiro atoms. The van der Waals surface area contributed by atoms with Crippen LogP contribution in [-0.4, -0.2) is 37.4 Å². The highest BCUT2D eigenvalue weighted by Gasteiger charge is 2.25. The zero-order valence-electron chi connectivity index (χ0n) is 6.02. The molecule has 1 atom stereocenters. The van der Waals surface area contributed by atoms with Gasteiger partial charge in [0.1, 0.15) is 12.2 Å². The van der Waals surface area contributed by atoms with Gasteiger partial charge in [0.2, 0.25) is 0 Å². The third-order valence-electron chi connectivity index (χ3n) is 1.55. The number of aliphatic imine (C=N–C) groups is 4. The van der Waals surface area contributed by atoms with Gasteiger partial charge in [0.15, 0.2) is 11.9 Å². The quantitative estimate of drug-likeness (QED) is 0.493. The first-order chi connectivity index (χ1) is 5.42. The standard InChI is InChI=1S/C6H7N5/c1-7-5-4-6(10-2-8-4)11-3-9-5/h2-4H,1H3,(H,7,8,9,10,11). The molecule has 2 aliphatic rings.